The van der Waals surface area contributed by atoms with Crippen molar-refractivity contribution in [2.24, 2.45) is 0 Å². The number of aromatic nitrogens is 3. The first-order valence-corrected chi connectivity index (χ1v) is 7.93. The second kappa shape index (κ2) is 7.06. The number of benzene rings is 1. The molecule has 116 valence electrons. The zero-order valence-electron chi connectivity index (χ0n) is 12.4. The molecule has 0 saturated heterocycles. The van der Waals surface area contributed by atoms with E-state index in [1.165, 1.54) is 11.8 Å². The predicted molar refractivity (Wildman–Crippen MR) is 88.1 cm³/mol. The molecule has 0 bridgehead atoms. The van der Waals surface area contributed by atoms with E-state index in [4.69, 9.17) is 4.42 Å². The standard InChI is InChI=1S/C16H14N4O2S/c1-11-5-7-12(8-6-11)15-19-20-16(22-15)23-10-14(21)18-13-4-2-3-9-17-13/h2-9H,10H2,1H3,(H,17,18,21). The molecule has 2 aromatic heterocycles. The van der Waals surface area contributed by atoms with Crippen LogP contribution in [-0.4, -0.2) is 26.8 Å². The number of aryl methyl sites for hydroxylation is 1. The van der Waals surface area contributed by atoms with Gasteiger partial charge in [0, 0.05) is 11.8 Å². The van der Waals surface area contributed by atoms with Crippen LogP contribution in [0.15, 0.2) is 58.3 Å². The van der Waals surface area contributed by atoms with Gasteiger partial charge in [-0.25, -0.2) is 4.98 Å². The summed E-state index contributed by atoms with van der Waals surface area (Å²) in [4.78, 5) is 15.9. The van der Waals surface area contributed by atoms with Crippen LogP contribution in [0, 0.1) is 6.92 Å². The van der Waals surface area contributed by atoms with Crippen LogP contribution in [0.2, 0.25) is 0 Å². The number of rotatable bonds is 5. The number of thioether (sulfide) groups is 1. The Morgan fingerprint density at radius 2 is 2.00 bits per heavy atom. The van der Waals surface area contributed by atoms with Crippen LogP contribution < -0.4 is 5.32 Å². The summed E-state index contributed by atoms with van der Waals surface area (Å²) in [6.07, 6.45) is 1.62. The molecule has 1 aromatic carbocycles. The van der Waals surface area contributed by atoms with E-state index in [0.717, 1.165) is 11.1 Å². The molecule has 0 atom stereocenters. The number of hydrogen-bond donors (Lipinski definition) is 1. The Labute approximate surface area is 137 Å². The first-order valence-electron chi connectivity index (χ1n) is 6.95. The number of carbonyl (C=O) groups excluding carboxylic acids is 1. The third-order valence-corrected chi connectivity index (χ3v) is 3.78. The molecule has 0 saturated carbocycles. The number of anilines is 1. The van der Waals surface area contributed by atoms with Crippen LogP contribution in [0.4, 0.5) is 5.82 Å². The SMILES string of the molecule is Cc1ccc(-c2nnc(SCC(=O)Nc3ccccn3)o2)cc1. The van der Waals surface area contributed by atoms with Crippen LogP contribution in [0.25, 0.3) is 11.5 Å². The highest BCUT2D eigenvalue weighted by Gasteiger charge is 2.11. The lowest BCUT2D eigenvalue weighted by atomic mass is 10.1. The number of pyridine rings is 1. The highest BCUT2D eigenvalue weighted by molar-refractivity contribution is 7.99. The number of amides is 1. The molecule has 6 nitrogen and oxygen atoms in total. The van der Waals surface area contributed by atoms with Crippen LogP contribution in [0.5, 0.6) is 0 Å². The Balaban J connectivity index is 1.57. The van der Waals surface area contributed by atoms with Gasteiger partial charge in [-0.2, -0.15) is 0 Å². The third kappa shape index (κ3) is 4.17. The maximum Gasteiger partial charge on any atom is 0.277 e. The van der Waals surface area contributed by atoms with E-state index < -0.39 is 0 Å². The Morgan fingerprint density at radius 1 is 1.17 bits per heavy atom. The van der Waals surface area contributed by atoms with Crippen molar-refractivity contribution in [3.8, 4) is 11.5 Å². The molecule has 0 aliphatic carbocycles. The average molecular weight is 326 g/mol. The quantitative estimate of drug-likeness (QED) is 0.725. The second-order valence-corrected chi connectivity index (χ2v) is 5.72. The first kappa shape index (κ1) is 15.2. The van der Waals surface area contributed by atoms with Gasteiger partial charge in [0.2, 0.25) is 11.8 Å². The van der Waals surface area contributed by atoms with Crippen LogP contribution in [-0.2, 0) is 4.79 Å². The van der Waals surface area contributed by atoms with Crippen molar-refractivity contribution >= 4 is 23.5 Å². The van der Waals surface area contributed by atoms with E-state index in [9.17, 15) is 4.79 Å². The summed E-state index contributed by atoms with van der Waals surface area (Å²) < 4.78 is 5.56. The van der Waals surface area contributed by atoms with Crippen molar-refractivity contribution in [2.75, 3.05) is 11.1 Å². The van der Waals surface area contributed by atoms with Crippen LogP contribution in [0.3, 0.4) is 0 Å². The van der Waals surface area contributed by atoms with Crippen molar-refractivity contribution < 1.29 is 9.21 Å². The monoisotopic (exact) mass is 326 g/mol. The first-order chi connectivity index (χ1) is 11.2. The van der Waals surface area contributed by atoms with Gasteiger partial charge in [-0.3, -0.25) is 4.79 Å². The molecule has 0 unspecified atom stereocenters. The summed E-state index contributed by atoms with van der Waals surface area (Å²) in [6, 6.07) is 13.1. The van der Waals surface area contributed by atoms with Crippen LogP contribution >= 0.6 is 11.8 Å². The Hall–Kier alpha value is -2.67. The molecular weight excluding hydrogens is 312 g/mol. The predicted octanol–water partition coefficient (Wildman–Crippen LogP) is 3.17. The summed E-state index contributed by atoms with van der Waals surface area (Å²) in [6.45, 7) is 2.01. The number of hydrogen-bond acceptors (Lipinski definition) is 6. The van der Waals surface area contributed by atoms with Gasteiger partial charge in [0.15, 0.2) is 0 Å². The lowest BCUT2D eigenvalue weighted by Crippen LogP contribution is -2.14. The maximum atomic E-state index is 11.8. The van der Waals surface area contributed by atoms with E-state index >= 15 is 0 Å². The molecule has 0 radical (unpaired) electrons. The smallest absolute Gasteiger partial charge is 0.277 e. The molecule has 1 amide bonds. The van der Waals surface area contributed by atoms with E-state index in [-0.39, 0.29) is 11.7 Å². The summed E-state index contributed by atoms with van der Waals surface area (Å²) in [5.41, 5.74) is 2.02. The largest absolute Gasteiger partial charge is 0.411 e. The van der Waals surface area contributed by atoms with Crippen molar-refractivity contribution in [3.63, 3.8) is 0 Å². The molecule has 0 aliphatic rings. The zero-order valence-corrected chi connectivity index (χ0v) is 13.2. The molecule has 3 aromatic rings. The van der Waals surface area contributed by atoms with Gasteiger partial charge in [0.1, 0.15) is 5.82 Å². The molecule has 7 heteroatoms. The fourth-order valence-electron chi connectivity index (χ4n) is 1.82. The lowest BCUT2D eigenvalue weighted by molar-refractivity contribution is -0.113. The third-order valence-electron chi connectivity index (χ3n) is 2.96. The van der Waals surface area contributed by atoms with E-state index in [2.05, 4.69) is 20.5 Å². The maximum absolute atomic E-state index is 11.8. The fourth-order valence-corrected chi connectivity index (χ4v) is 2.39. The number of nitrogens with zero attached hydrogens (tertiary/aromatic N) is 3. The van der Waals surface area contributed by atoms with Gasteiger partial charge in [-0.15, -0.1) is 10.2 Å². The number of nitrogens with one attached hydrogen (secondary N) is 1. The Kier molecular flexibility index (Phi) is 4.68. The van der Waals surface area contributed by atoms with Gasteiger partial charge < -0.3 is 9.73 Å². The van der Waals surface area contributed by atoms with Gasteiger partial charge in [0.05, 0.1) is 5.75 Å². The van der Waals surface area contributed by atoms with Gasteiger partial charge in [0.25, 0.3) is 5.22 Å². The molecule has 3 rings (SSSR count). The number of carbonyl (C=O) groups is 1. The Morgan fingerprint density at radius 3 is 2.74 bits per heavy atom. The Bertz CT molecular complexity index is 787. The van der Waals surface area contributed by atoms with Gasteiger partial charge in [-0.05, 0) is 31.2 Å². The van der Waals surface area contributed by atoms with Crippen molar-refractivity contribution in [2.45, 2.75) is 12.1 Å². The zero-order chi connectivity index (χ0) is 16.1. The minimum absolute atomic E-state index is 0.173. The topological polar surface area (TPSA) is 80.9 Å². The lowest BCUT2D eigenvalue weighted by Gasteiger charge is -2.01. The molecular formula is C16H14N4O2S. The summed E-state index contributed by atoms with van der Waals surface area (Å²) in [5, 5.41) is 11.0. The summed E-state index contributed by atoms with van der Waals surface area (Å²) in [5.74, 6) is 0.955. The van der Waals surface area contributed by atoms with E-state index in [0.29, 0.717) is 16.9 Å². The molecule has 0 fully saturated rings. The van der Waals surface area contributed by atoms with Gasteiger partial charge >= 0.3 is 0 Å². The van der Waals surface area contributed by atoms with Crippen molar-refractivity contribution in [1.82, 2.24) is 15.2 Å². The molecule has 1 N–H and O–H groups in total. The van der Waals surface area contributed by atoms with Crippen LogP contribution in [0.1, 0.15) is 5.56 Å². The normalized spacial score (nSPS) is 10.5. The average Bonchev–Trinajstić information content (AvgIpc) is 3.04. The molecule has 0 aliphatic heterocycles. The van der Waals surface area contributed by atoms with E-state index in [1.54, 1.807) is 18.3 Å². The fraction of sp³-hybridized carbons (Fsp3) is 0.125. The molecule has 2 heterocycles. The minimum Gasteiger partial charge on any atom is -0.411 e. The minimum atomic E-state index is -0.177. The molecule has 0 spiro atoms. The van der Waals surface area contributed by atoms with E-state index in [1.807, 2.05) is 37.3 Å². The second-order valence-electron chi connectivity index (χ2n) is 4.79. The summed E-state index contributed by atoms with van der Waals surface area (Å²) in [7, 11) is 0. The van der Waals surface area contributed by atoms with Crippen molar-refractivity contribution in [3.05, 3.63) is 54.2 Å². The highest BCUT2D eigenvalue weighted by Crippen LogP contribution is 2.23. The van der Waals surface area contributed by atoms with Gasteiger partial charge in [-0.1, -0.05) is 35.5 Å². The highest BCUT2D eigenvalue weighted by atomic mass is 32.2. The molecule has 23 heavy (non-hydrogen) atoms. The van der Waals surface area contributed by atoms with Crippen molar-refractivity contribution in [1.29, 1.82) is 0 Å². The summed E-state index contributed by atoms with van der Waals surface area (Å²) >= 11 is 1.19.